The van der Waals surface area contributed by atoms with Crippen molar-refractivity contribution in [3.05, 3.63) is 0 Å². The maximum absolute atomic E-state index is 12.0. The molecule has 1 aliphatic rings. The molecular weight excluding hydrogens is 232 g/mol. The molecule has 0 N–H and O–H groups in total. The van der Waals surface area contributed by atoms with Crippen molar-refractivity contribution < 1.29 is 19.3 Å². The average molecular weight is 258 g/mol. The molecule has 1 rings (SSSR count). The molecule has 1 saturated heterocycles. The Labute approximate surface area is 110 Å². The quantitative estimate of drug-likeness (QED) is 0.380. The van der Waals surface area contributed by atoms with Gasteiger partial charge in [-0.2, -0.15) is 9.78 Å². The molecule has 1 atom stereocenters. The number of hydrogen-bond acceptors (Lipinski definition) is 4. The van der Waals surface area contributed by atoms with Gasteiger partial charge in [0, 0.05) is 5.92 Å². The highest BCUT2D eigenvalue weighted by Gasteiger charge is 2.66. The van der Waals surface area contributed by atoms with E-state index in [0.29, 0.717) is 6.61 Å². The number of ether oxygens (including phenoxy) is 1. The molecule has 0 aromatic carbocycles. The summed E-state index contributed by atoms with van der Waals surface area (Å²) in [6, 6.07) is 0. The van der Waals surface area contributed by atoms with Crippen molar-refractivity contribution in [1.29, 1.82) is 0 Å². The molecule has 0 aromatic heterocycles. The molecule has 18 heavy (non-hydrogen) atoms. The molecule has 0 saturated carbocycles. The molecule has 106 valence electrons. The highest BCUT2D eigenvalue weighted by Crippen LogP contribution is 2.51. The van der Waals surface area contributed by atoms with E-state index in [4.69, 9.17) is 14.5 Å². The minimum absolute atomic E-state index is 0.00593. The number of hydrogen-bond donors (Lipinski definition) is 0. The summed E-state index contributed by atoms with van der Waals surface area (Å²) in [5.74, 6) is -1.49. The lowest BCUT2D eigenvalue weighted by Gasteiger charge is -2.35. The van der Waals surface area contributed by atoms with Crippen LogP contribution in [-0.2, 0) is 19.3 Å². The van der Waals surface area contributed by atoms with Gasteiger partial charge in [-0.15, -0.1) is 0 Å². The smallest absolute Gasteiger partial charge is 0.373 e. The van der Waals surface area contributed by atoms with Crippen LogP contribution in [0.25, 0.3) is 0 Å². The van der Waals surface area contributed by atoms with Gasteiger partial charge in [0.1, 0.15) is 0 Å². The average Bonchev–Trinajstić information content (AvgIpc) is 3.07. The Morgan fingerprint density at radius 2 is 1.83 bits per heavy atom. The molecule has 0 radical (unpaired) electrons. The maximum atomic E-state index is 12.0. The maximum Gasteiger partial charge on any atom is 0.373 e. The Hall–Kier alpha value is -0.610. The summed E-state index contributed by atoms with van der Waals surface area (Å²) in [5, 5.41) is 0. The van der Waals surface area contributed by atoms with Crippen LogP contribution in [0.3, 0.4) is 0 Å². The fraction of sp³-hybridized carbons (Fsp3) is 0.929. The first-order chi connectivity index (χ1) is 8.44. The van der Waals surface area contributed by atoms with E-state index in [0.717, 1.165) is 25.7 Å². The summed E-state index contributed by atoms with van der Waals surface area (Å²) in [5.41, 5.74) is -0.00593. The van der Waals surface area contributed by atoms with E-state index in [1.165, 1.54) is 0 Å². The lowest BCUT2D eigenvalue weighted by atomic mass is 9.69. The van der Waals surface area contributed by atoms with Crippen molar-refractivity contribution in [3.8, 4) is 0 Å². The molecule has 1 unspecified atom stereocenters. The third kappa shape index (κ3) is 3.04. The molecule has 0 aliphatic carbocycles. The zero-order valence-corrected chi connectivity index (χ0v) is 12.2. The van der Waals surface area contributed by atoms with Crippen LogP contribution in [0.1, 0.15) is 60.3 Å². The predicted molar refractivity (Wildman–Crippen MR) is 68.6 cm³/mol. The molecule has 0 spiro atoms. The highest BCUT2D eigenvalue weighted by molar-refractivity contribution is 5.79. The first kappa shape index (κ1) is 15.4. The number of rotatable bonds is 8. The van der Waals surface area contributed by atoms with Crippen molar-refractivity contribution in [2.24, 2.45) is 11.3 Å². The van der Waals surface area contributed by atoms with E-state index >= 15 is 0 Å². The van der Waals surface area contributed by atoms with E-state index in [2.05, 4.69) is 27.7 Å². The first-order valence-electron chi connectivity index (χ1n) is 6.98. The second kappa shape index (κ2) is 6.02. The zero-order chi connectivity index (χ0) is 13.8. The van der Waals surface area contributed by atoms with Gasteiger partial charge in [-0.05, 0) is 25.2 Å². The predicted octanol–water partition coefficient (Wildman–Crippen LogP) is 3.45. The van der Waals surface area contributed by atoms with Crippen LogP contribution in [0.15, 0.2) is 0 Å². The van der Waals surface area contributed by atoms with Crippen molar-refractivity contribution in [3.63, 3.8) is 0 Å². The van der Waals surface area contributed by atoms with Gasteiger partial charge in [-0.25, -0.2) is 4.79 Å². The van der Waals surface area contributed by atoms with E-state index in [9.17, 15) is 4.79 Å². The summed E-state index contributed by atoms with van der Waals surface area (Å²) >= 11 is 0. The van der Waals surface area contributed by atoms with Crippen LogP contribution < -0.4 is 0 Å². The van der Waals surface area contributed by atoms with E-state index in [-0.39, 0.29) is 17.3 Å². The summed E-state index contributed by atoms with van der Waals surface area (Å²) in [7, 11) is 0. The second-order valence-electron chi connectivity index (χ2n) is 5.63. The Morgan fingerprint density at radius 3 is 2.22 bits per heavy atom. The lowest BCUT2D eigenvalue weighted by molar-refractivity contribution is -0.156. The minimum atomic E-state index is -1.15. The molecule has 1 aliphatic heterocycles. The second-order valence-corrected chi connectivity index (χ2v) is 5.63. The Morgan fingerprint density at radius 1 is 1.22 bits per heavy atom. The van der Waals surface area contributed by atoms with Crippen LogP contribution in [-0.4, -0.2) is 18.4 Å². The molecule has 0 aromatic rings. The highest BCUT2D eigenvalue weighted by atomic mass is 17.4. The summed E-state index contributed by atoms with van der Waals surface area (Å²) in [6.45, 7) is 10.7. The van der Waals surface area contributed by atoms with E-state index < -0.39 is 5.79 Å². The first-order valence-corrected chi connectivity index (χ1v) is 6.98. The molecule has 0 bridgehead atoms. The minimum Gasteiger partial charge on any atom is -0.462 e. The molecule has 1 heterocycles. The van der Waals surface area contributed by atoms with Gasteiger partial charge in [0.05, 0.1) is 6.61 Å². The lowest BCUT2D eigenvalue weighted by Crippen LogP contribution is -2.43. The van der Waals surface area contributed by atoms with Crippen LogP contribution in [0.2, 0.25) is 0 Å². The summed E-state index contributed by atoms with van der Waals surface area (Å²) in [4.78, 5) is 22.2. The van der Waals surface area contributed by atoms with E-state index in [1.807, 2.05) is 0 Å². The number of esters is 1. The summed E-state index contributed by atoms with van der Waals surface area (Å²) in [6.07, 6.45) is 4.00. The van der Waals surface area contributed by atoms with Gasteiger partial charge < -0.3 is 4.74 Å². The van der Waals surface area contributed by atoms with Crippen molar-refractivity contribution >= 4 is 5.97 Å². The molecule has 1 fully saturated rings. The third-order valence-electron chi connectivity index (χ3n) is 3.70. The SMILES string of the molecule is CCCC(C(C)(C)CCC)C1(C(=O)OCC)OO1. The largest absolute Gasteiger partial charge is 0.462 e. The van der Waals surface area contributed by atoms with Crippen LogP contribution in [0.4, 0.5) is 0 Å². The van der Waals surface area contributed by atoms with Gasteiger partial charge in [0.25, 0.3) is 0 Å². The van der Waals surface area contributed by atoms with E-state index in [1.54, 1.807) is 6.92 Å². The topological polar surface area (TPSA) is 51.4 Å². The Balaban J connectivity index is 2.87. The molecule has 0 amide bonds. The van der Waals surface area contributed by atoms with Gasteiger partial charge >= 0.3 is 11.8 Å². The van der Waals surface area contributed by atoms with Gasteiger partial charge in [0.2, 0.25) is 0 Å². The Bertz CT molecular complexity index is 282. The zero-order valence-electron chi connectivity index (χ0n) is 12.2. The third-order valence-corrected chi connectivity index (χ3v) is 3.70. The molecule has 4 heteroatoms. The Kier molecular flexibility index (Phi) is 5.17. The number of carbonyl (C=O) groups excluding carboxylic acids is 1. The summed E-state index contributed by atoms with van der Waals surface area (Å²) < 4.78 is 5.08. The van der Waals surface area contributed by atoms with Gasteiger partial charge in [-0.1, -0.05) is 40.5 Å². The normalized spacial score (nSPS) is 19.4. The van der Waals surface area contributed by atoms with Crippen molar-refractivity contribution in [2.45, 2.75) is 66.1 Å². The van der Waals surface area contributed by atoms with Crippen LogP contribution >= 0.6 is 0 Å². The molecule has 4 nitrogen and oxygen atoms in total. The van der Waals surface area contributed by atoms with Gasteiger partial charge in [0.15, 0.2) is 0 Å². The van der Waals surface area contributed by atoms with Crippen LogP contribution in [0.5, 0.6) is 0 Å². The van der Waals surface area contributed by atoms with Gasteiger partial charge in [-0.3, -0.25) is 0 Å². The molecular formula is C14H26O4. The fourth-order valence-electron chi connectivity index (χ4n) is 2.81. The monoisotopic (exact) mass is 258 g/mol. The number of carbonyl (C=O) groups is 1. The van der Waals surface area contributed by atoms with Crippen LogP contribution in [0, 0.1) is 11.3 Å². The standard InChI is InChI=1S/C14H26O4/c1-6-9-11(13(4,5)10-7-2)14(17-18-14)12(15)16-8-3/h11H,6-10H2,1-5H3. The van der Waals surface area contributed by atoms with Crippen molar-refractivity contribution in [2.75, 3.05) is 6.61 Å². The van der Waals surface area contributed by atoms with Crippen molar-refractivity contribution in [1.82, 2.24) is 0 Å². The fourth-order valence-corrected chi connectivity index (χ4v) is 2.81.